The van der Waals surface area contributed by atoms with E-state index in [2.05, 4.69) is 10.6 Å². The molecule has 82 valence electrons. The van der Waals surface area contributed by atoms with Gasteiger partial charge in [0.15, 0.2) is 0 Å². The van der Waals surface area contributed by atoms with Gasteiger partial charge in [-0.25, -0.2) is 9.59 Å². The van der Waals surface area contributed by atoms with Crippen LogP contribution in [0.1, 0.15) is 13.3 Å². The Hall–Kier alpha value is -1.98. The minimum atomic E-state index is -1.16. The normalized spacial score (nSPS) is 24.2. The Morgan fingerprint density at radius 3 is 2.60 bits per heavy atom. The summed E-state index contributed by atoms with van der Waals surface area (Å²) in [5.74, 6) is 0. The van der Waals surface area contributed by atoms with Crippen LogP contribution >= 0.6 is 0 Å². The van der Waals surface area contributed by atoms with Gasteiger partial charge in [-0.3, -0.25) is 5.32 Å². The van der Waals surface area contributed by atoms with Gasteiger partial charge < -0.3 is 15.5 Å². The second kappa shape index (κ2) is 4.04. The fourth-order valence-corrected chi connectivity index (χ4v) is 1.44. The van der Waals surface area contributed by atoms with E-state index in [9.17, 15) is 9.59 Å². The largest absolute Gasteiger partial charge is 0.465 e. The van der Waals surface area contributed by atoms with E-state index in [1.54, 1.807) is 25.2 Å². The van der Waals surface area contributed by atoms with E-state index >= 15 is 0 Å². The molecule has 2 amide bonds. The maximum Gasteiger partial charge on any atom is 0.408 e. The topological polar surface area (TPSA) is 98.7 Å². The number of amides is 2. The molecule has 0 heterocycles. The zero-order valence-electron chi connectivity index (χ0n) is 8.15. The second-order valence-electron chi connectivity index (χ2n) is 3.51. The van der Waals surface area contributed by atoms with Gasteiger partial charge >= 0.3 is 12.2 Å². The van der Waals surface area contributed by atoms with E-state index in [1.807, 2.05) is 0 Å². The summed E-state index contributed by atoms with van der Waals surface area (Å²) in [5, 5.41) is 21.6. The molecule has 0 aliphatic heterocycles. The summed E-state index contributed by atoms with van der Waals surface area (Å²) in [4.78, 5) is 20.9. The SMILES string of the molecule is CC1(NC(=O)O)C=CC=C(NC(=O)O)C1. The van der Waals surface area contributed by atoms with Gasteiger partial charge in [-0.05, 0) is 13.0 Å². The maximum absolute atomic E-state index is 10.5. The number of allylic oxidation sites excluding steroid dienone is 2. The van der Waals surface area contributed by atoms with Crippen LogP contribution in [0.4, 0.5) is 9.59 Å². The smallest absolute Gasteiger partial charge is 0.408 e. The molecule has 4 N–H and O–H groups in total. The number of nitrogens with one attached hydrogen (secondary N) is 2. The predicted molar refractivity (Wildman–Crippen MR) is 52.6 cm³/mol. The molecule has 6 heteroatoms. The van der Waals surface area contributed by atoms with Crippen LogP contribution in [0.3, 0.4) is 0 Å². The van der Waals surface area contributed by atoms with Crippen LogP contribution in [0.5, 0.6) is 0 Å². The summed E-state index contributed by atoms with van der Waals surface area (Å²) in [6.07, 6.45) is 2.87. The molecule has 0 saturated carbocycles. The molecule has 0 bridgehead atoms. The van der Waals surface area contributed by atoms with Crippen molar-refractivity contribution in [2.24, 2.45) is 0 Å². The molecule has 1 aliphatic rings. The molecule has 1 atom stereocenters. The van der Waals surface area contributed by atoms with E-state index in [0.717, 1.165) is 0 Å². The summed E-state index contributed by atoms with van der Waals surface area (Å²) >= 11 is 0. The molecule has 0 aromatic rings. The average molecular weight is 212 g/mol. The Kier molecular flexibility index (Phi) is 2.99. The third-order valence-electron chi connectivity index (χ3n) is 1.98. The van der Waals surface area contributed by atoms with Crippen LogP contribution in [-0.4, -0.2) is 27.9 Å². The van der Waals surface area contributed by atoms with Gasteiger partial charge in [0.25, 0.3) is 0 Å². The number of hydrogen-bond acceptors (Lipinski definition) is 2. The monoisotopic (exact) mass is 212 g/mol. The molecular formula is C9H12N2O4. The highest BCUT2D eigenvalue weighted by Crippen LogP contribution is 2.20. The molecule has 0 saturated heterocycles. The molecule has 1 rings (SSSR count). The molecule has 0 aromatic carbocycles. The van der Waals surface area contributed by atoms with Crippen molar-refractivity contribution in [3.63, 3.8) is 0 Å². The van der Waals surface area contributed by atoms with Crippen molar-refractivity contribution in [1.82, 2.24) is 10.6 Å². The molecule has 0 radical (unpaired) electrons. The summed E-state index contributed by atoms with van der Waals surface area (Å²) in [6.45, 7) is 1.67. The molecule has 0 aromatic heterocycles. The zero-order valence-corrected chi connectivity index (χ0v) is 8.15. The van der Waals surface area contributed by atoms with Crippen molar-refractivity contribution < 1.29 is 19.8 Å². The third-order valence-corrected chi connectivity index (χ3v) is 1.98. The molecular weight excluding hydrogens is 200 g/mol. The summed E-state index contributed by atoms with van der Waals surface area (Å²) < 4.78 is 0. The minimum Gasteiger partial charge on any atom is -0.465 e. The molecule has 15 heavy (non-hydrogen) atoms. The van der Waals surface area contributed by atoms with Crippen LogP contribution in [0.2, 0.25) is 0 Å². The van der Waals surface area contributed by atoms with E-state index in [-0.39, 0.29) is 6.42 Å². The Bertz CT molecular complexity index is 348. The van der Waals surface area contributed by atoms with Crippen LogP contribution in [0, 0.1) is 0 Å². The van der Waals surface area contributed by atoms with Gasteiger partial charge in [0, 0.05) is 12.1 Å². The van der Waals surface area contributed by atoms with Crippen molar-refractivity contribution in [1.29, 1.82) is 0 Å². The highest BCUT2D eigenvalue weighted by molar-refractivity contribution is 5.68. The van der Waals surface area contributed by atoms with E-state index < -0.39 is 17.7 Å². The zero-order chi connectivity index (χ0) is 11.5. The number of rotatable bonds is 2. The quantitative estimate of drug-likeness (QED) is 0.551. The predicted octanol–water partition coefficient (Wildman–Crippen LogP) is 1.12. The lowest BCUT2D eigenvalue weighted by Crippen LogP contribution is -2.46. The molecule has 6 nitrogen and oxygen atoms in total. The third kappa shape index (κ3) is 3.34. The highest BCUT2D eigenvalue weighted by atomic mass is 16.4. The molecule has 0 spiro atoms. The highest BCUT2D eigenvalue weighted by Gasteiger charge is 2.26. The second-order valence-corrected chi connectivity index (χ2v) is 3.51. The lowest BCUT2D eigenvalue weighted by Gasteiger charge is -2.29. The van der Waals surface area contributed by atoms with Crippen LogP contribution in [0.25, 0.3) is 0 Å². The number of carbonyl (C=O) groups is 2. The Labute approximate surface area is 86.3 Å². The van der Waals surface area contributed by atoms with Gasteiger partial charge in [-0.2, -0.15) is 0 Å². The first-order valence-corrected chi connectivity index (χ1v) is 4.31. The van der Waals surface area contributed by atoms with Gasteiger partial charge in [-0.15, -0.1) is 0 Å². The Morgan fingerprint density at radius 2 is 2.07 bits per heavy atom. The first kappa shape index (κ1) is 11.1. The van der Waals surface area contributed by atoms with Gasteiger partial charge in [-0.1, -0.05) is 12.2 Å². The van der Waals surface area contributed by atoms with Crippen LogP contribution in [-0.2, 0) is 0 Å². The maximum atomic E-state index is 10.5. The van der Waals surface area contributed by atoms with E-state index in [0.29, 0.717) is 5.70 Å². The Morgan fingerprint density at radius 1 is 1.40 bits per heavy atom. The van der Waals surface area contributed by atoms with Crippen molar-refractivity contribution in [2.45, 2.75) is 18.9 Å². The van der Waals surface area contributed by atoms with Crippen molar-refractivity contribution >= 4 is 12.2 Å². The lowest BCUT2D eigenvalue weighted by atomic mass is 9.91. The first-order chi connectivity index (χ1) is 6.91. The summed E-state index contributed by atoms with van der Waals surface area (Å²) in [7, 11) is 0. The molecule has 0 fully saturated rings. The average Bonchev–Trinajstić information content (AvgIpc) is 1.99. The van der Waals surface area contributed by atoms with Crippen molar-refractivity contribution in [3.05, 3.63) is 23.9 Å². The summed E-state index contributed by atoms with van der Waals surface area (Å²) in [6, 6.07) is 0. The van der Waals surface area contributed by atoms with Crippen molar-refractivity contribution in [3.8, 4) is 0 Å². The van der Waals surface area contributed by atoms with Gasteiger partial charge in [0.1, 0.15) is 0 Å². The van der Waals surface area contributed by atoms with E-state index in [4.69, 9.17) is 10.2 Å². The molecule has 1 aliphatic carbocycles. The fraction of sp³-hybridized carbons (Fsp3) is 0.333. The minimum absolute atomic E-state index is 0.280. The Balaban J connectivity index is 2.69. The van der Waals surface area contributed by atoms with Gasteiger partial charge in [0.05, 0.1) is 5.54 Å². The number of carboxylic acid groups (broad SMARTS) is 2. The summed E-state index contributed by atoms with van der Waals surface area (Å²) in [5.41, 5.74) is -0.306. The van der Waals surface area contributed by atoms with Crippen LogP contribution in [0.15, 0.2) is 23.9 Å². The first-order valence-electron chi connectivity index (χ1n) is 4.31. The lowest BCUT2D eigenvalue weighted by molar-refractivity contribution is 0.184. The number of hydrogen-bond donors (Lipinski definition) is 4. The van der Waals surface area contributed by atoms with Crippen molar-refractivity contribution in [2.75, 3.05) is 0 Å². The molecule has 1 unspecified atom stereocenters. The van der Waals surface area contributed by atoms with E-state index in [1.165, 1.54) is 0 Å². The van der Waals surface area contributed by atoms with Gasteiger partial charge in [0.2, 0.25) is 0 Å². The van der Waals surface area contributed by atoms with Crippen LogP contribution < -0.4 is 10.6 Å². The standard InChI is InChI=1S/C9H12N2O4/c1-9(11-8(14)15)4-2-3-6(5-9)10-7(12)13/h2-4,10-11H,5H2,1H3,(H,12,13)(H,14,15). The fourth-order valence-electron chi connectivity index (χ4n) is 1.44.